The van der Waals surface area contributed by atoms with Gasteiger partial charge < -0.3 is 10.6 Å². The number of aryl methyl sites for hydroxylation is 1. The number of rotatable bonds is 5. The number of anilines is 2. The molecule has 1 aromatic carbocycles. The Balaban J connectivity index is 2.14. The van der Waals surface area contributed by atoms with Crippen molar-refractivity contribution in [1.82, 2.24) is 4.98 Å². The molecule has 0 spiro atoms. The van der Waals surface area contributed by atoms with Crippen LogP contribution in [0.15, 0.2) is 36.5 Å². The highest BCUT2D eigenvalue weighted by Crippen LogP contribution is 2.21. The van der Waals surface area contributed by atoms with Gasteiger partial charge in [0, 0.05) is 29.0 Å². The molecule has 5 heteroatoms. The van der Waals surface area contributed by atoms with Crippen molar-refractivity contribution in [3.05, 3.63) is 52.7 Å². The lowest BCUT2D eigenvalue weighted by molar-refractivity contribution is 0.102. The van der Waals surface area contributed by atoms with Gasteiger partial charge >= 0.3 is 0 Å². The van der Waals surface area contributed by atoms with Gasteiger partial charge in [-0.15, -0.1) is 0 Å². The molecule has 21 heavy (non-hydrogen) atoms. The summed E-state index contributed by atoms with van der Waals surface area (Å²) < 4.78 is 0. The van der Waals surface area contributed by atoms with Crippen LogP contribution in [0.25, 0.3) is 0 Å². The third-order valence-corrected chi connectivity index (χ3v) is 3.26. The first-order valence-electron chi connectivity index (χ1n) is 6.87. The summed E-state index contributed by atoms with van der Waals surface area (Å²) in [6.07, 6.45) is 2.62. The summed E-state index contributed by atoms with van der Waals surface area (Å²) in [5.74, 6) is 0.523. The first-order valence-corrected chi connectivity index (χ1v) is 7.25. The number of amides is 1. The molecule has 1 aromatic heterocycles. The van der Waals surface area contributed by atoms with E-state index in [1.165, 1.54) is 0 Å². The van der Waals surface area contributed by atoms with E-state index in [-0.39, 0.29) is 5.91 Å². The Labute approximate surface area is 129 Å². The summed E-state index contributed by atoms with van der Waals surface area (Å²) in [4.78, 5) is 16.5. The fourth-order valence-electron chi connectivity index (χ4n) is 1.84. The smallest absolute Gasteiger partial charge is 0.255 e. The zero-order valence-electron chi connectivity index (χ0n) is 12.1. The van der Waals surface area contributed by atoms with Gasteiger partial charge in [0.15, 0.2) is 0 Å². The van der Waals surface area contributed by atoms with Crippen molar-refractivity contribution in [2.75, 3.05) is 17.2 Å². The molecule has 2 rings (SSSR count). The van der Waals surface area contributed by atoms with Crippen molar-refractivity contribution < 1.29 is 4.79 Å². The zero-order valence-corrected chi connectivity index (χ0v) is 12.9. The fraction of sp³-hybridized carbons (Fsp3) is 0.250. The van der Waals surface area contributed by atoms with Crippen molar-refractivity contribution in [1.29, 1.82) is 0 Å². The predicted molar refractivity (Wildman–Crippen MR) is 87.2 cm³/mol. The highest BCUT2D eigenvalue weighted by Gasteiger charge is 2.09. The van der Waals surface area contributed by atoms with Gasteiger partial charge in [0.05, 0.1) is 0 Å². The molecule has 2 N–H and O–H groups in total. The molecular formula is C16H18ClN3O. The van der Waals surface area contributed by atoms with E-state index in [9.17, 15) is 4.79 Å². The van der Waals surface area contributed by atoms with E-state index in [0.717, 1.165) is 18.5 Å². The van der Waals surface area contributed by atoms with Crippen LogP contribution in [0.3, 0.4) is 0 Å². The summed E-state index contributed by atoms with van der Waals surface area (Å²) in [5.41, 5.74) is 2.24. The second kappa shape index (κ2) is 7.09. The second-order valence-corrected chi connectivity index (χ2v) is 5.21. The number of nitrogens with one attached hydrogen (secondary N) is 2. The molecule has 0 aliphatic rings. The quantitative estimate of drug-likeness (QED) is 0.873. The Morgan fingerprint density at radius 3 is 2.86 bits per heavy atom. The van der Waals surface area contributed by atoms with Crippen LogP contribution in [0.1, 0.15) is 29.3 Å². The van der Waals surface area contributed by atoms with Crippen LogP contribution < -0.4 is 10.6 Å². The summed E-state index contributed by atoms with van der Waals surface area (Å²) in [5, 5.41) is 6.63. The Bertz CT molecular complexity index is 643. The van der Waals surface area contributed by atoms with E-state index in [2.05, 4.69) is 22.5 Å². The van der Waals surface area contributed by atoms with Crippen molar-refractivity contribution >= 4 is 29.0 Å². The van der Waals surface area contributed by atoms with Crippen molar-refractivity contribution in [2.45, 2.75) is 20.3 Å². The number of carbonyl (C=O) groups excluding carboxylic acids is 1. The van der Waals surface area contributed by atoms with E-state index in [1.54, 1.807) is 30.5 Å². The van der Waals surface area contributed by atoms with Crippen molar-refractivity contribution in [2.24, 2.45) is 0 Å². The maximum atomic E-state index is 12.3. The number of aromatic nitrogens is 1. The lowest BCUT2D eigenvalue weighted by Crippen LogP contribution is -2.13. The number of pyridine rings is 1. The van der Waals surface area contributed by atoms with Crippen LogP contribution in [0.2, 0.25) is 5.02 Å². The Morgan fingerprint density at radius 2 is 2.10 bits per heavy atom. The van der Waals surface area contributed by atoms with Gasteiger partial charge in [-0.2, -0.15) is 0 Å². The standard InChI is InChI=1S/C16H18ClN3O/c1-3-7-18-15-9-12(6-8-19-15)16(21)20-14-10-13(17)5-4-11(14)2/h4-6,8-10H,3,7H2,1-2H3,(H,18,19)(H,20,21). The highest BCUT2D eigenvalue weighted by atomic mass is 35.5. The predicted octanol–water partition coefficient (Wildman–Crippen LogP) is 4.12. The lowest BCUT2D eigenvalue weighted by Gasteiger charge is -2.10. The van der Waals surface area contributed by atoms with Gasteiger partial charge in [-0.05, 0) is 43.2 Å². The van der Waals surface area contributed by atoms with Crippen LogP contribution in [0.4, 0.5) is 11.5 Å². The number of carbonyl (C=O) groups is 1. The molecule has 1 heterocycles. The summed E-state index contributed by atoms with van der Waals surface area (Å²) in [6, 6.07) is 8.84. The summed E-state index contributed by atoms with van der Waals surface area (Å²) in [7, 11) is 0. The van der Waals surface area contributed by atoms with E-state index in [1.807, 2.05) is 13.0 Å². The molecule has 0 aliphatic heterocycles. The average molecular weight is 304 g/mol. The highest BCUT2D eigenvalue weighted by molar-refractivity contribution is 6.31. The largest absolute Gasteiger partial charge is 0.370 e. The molecule has 0 saturated carbocycles. The minimum Gasteiger partial charge on any atom is -0.370 e. The van der Waals surface area contributed by atoms with Crippen LogP contribution in [0.5, 0.6) is 0 Å². The summed E-state index contributed by atoms with van der Waals surface area (Å²) in [6.45, 7) is 4.82. The summed E-state index contributed by atoms with van der Waals surface area (Å²) >= 11 is 5.96. The van der Waals surface area contributed by atoms with Gasteiger partial charge in [-0.1, -0.05) is 24.6 Å². The number of halogens is 1. The normalized spacial score (nSPS) is 10.2. The topological polar surface area (TPSA) is 54.0 Å². The Hall–Kier alpha value is -2.07. The van der Waals surface area contributed by atoms with Gasteiger partial charge in [0.1, 0.15) is 5.82 Å². The lowest BCUT2D eigenvalue weighted by atomic mass is 10.2. The molecule has 0 atom stereocenters. The molecule has 0 unspecified atom stereocenters. The van der Waals surface area contributed by atoms with Crippen molar-refractivity contribution in [3.8, 4) is 0 Å². The van der Waals surface area contributed by atoms with Gasteiger partial charge in [-0.3, -0.25) is 4.79 Å². The van der Waals surface area contributed by atoms with Gasteiger partial charge in [-0.25, -0.2) is 4.98 Å². The molecular weight excluding hydrogens is 286 g/mol. The Kier molecular flexibility index (Phi) is 5.17. The molecule has 2 aromatic rings. The molecule has 0 fully saturated rings. The number of nitrogens with zero attached hydrogens (tertiary/aromatic N) is 1. The third kappa shape index (κ3) is 4.20. The minimum absolute atomic E-state index is 0.178. The number of benzene rings is 1. The molecule has 1 amide bonds. The maximum Gasteiger partial charge on any atom is 0.255 e. The Morgan fingerprint density at radius 1 is 1.29 bits per heavy atom. The van der Waals surface area contributed by atoms with E-state index >= 15 is 0 Å². The maximum absolute atomic E-state index is 12.3. The SMILES string of the molecule is CCCNc1cc(C(=O)Nc2cc(Cl)ccc2C)ccn1. The average Bonchev–Trinajstić information content (AvgIpc) is 2.49. The molecule has 110 valence electrons. The molecule has 0 aliphatic carbocycles. The zero-order chi connectivity index (χ0) is 15.2. The minimum atomic E-state index is -0.178. The van der Waals surface area contributed by atoms with Crippen LogP contribution in [-0.4, -0.2) is 17.4 Å². The van der Waals surface area contributed by atoms with Crippen molar-refractivity contribution in [3.63, 3.8) is 0 Å². The van der Waals surface area contributed by atoms with E-state index in [0.29, 0.717) is 22.1 Å². The molecule has 0 radical (unpaired) electrons. The van der Waals surface area contributed by atoms with Gasteiger partial charge in [0.25, 0.3) is 5.91 Å². The fourth-order valence-corrected chi connectivity index (χ4v) is 2.02. The molecule has 0 bridgehead atoms. The van der Waals surface area contributed by atoms with E-state index in [4.69, 9.17) is 11.6 Å². The molecule has 4 nitrogen and oxygen atoms in total. The van der Waals surface area contributed by atoms with Crippen LogP contribution >= 0.6 is 11.6 Å². The van der Waals surface area contributed by atoms with Crippen LogP contribution in [-0.2, 0) is 0 Å². The first-order chi connectivity index (χ1) is 10.1. The third-order valence-electron chi connectivity index (χ3n) is 3.03. The first kappa shape index (κ1) is 15.3. The number of hydrogen-bond donors (Lipinski definition) is 2. The second-order valence-electron chi connectivity index (χ2n) is 4.77. The monoisotopic (exact) mass is 303 g/mol. The molecule has 0 saturated heterocycles. The van der Waals surface area contributed by atoms with Crippen LogP contribution in [0, 0.1) is 6.92 Å². The van der Waals surface area contributed by atoms with Gasteiger partial charge in [0.2, 0.25) is 0 Å². The number of hydrogen-bond acceptors (Lipinski definition) is 3. The van der Waals surface area contributed by atoms with E-state index < -0.39 is 0 Å².